The zero-order valence-corrected chi connectivity index (χ0v) is 15.8. The summed E-state index contributed by atoms with van der Waals surface area (Å²) in [5, 5.41) is 3.85. The highest BCUT2D eigenvalue weighted by atomic mass is 32.1. The van der Waals surface area contributed by atoms with Crippen LogP contribution >= 0.6 is 11.3 Å². The first-order valence-electron chi connectivity index (χ1n) is 9.57. The SMILES string of the molecule is O=C(Cn1cnc2sc3c(c2c1=O)CCC3)N[C@@H]1CCCc2ccccc21. The number of carbonyl (C=O) groups is 1. The van der Waals surface area contributed by atoms with Gasteiger partial charge in [0.2, 0.25) is 5.91 Å². The zero-order valence-electron chi connectivity index (χ0n) is 15.0. The van der Waals surface area contributed by atoms with Crippen molar-refractivity contribution in [2.24, 2.45) is 0 Å². The van der Waals surface area contributed by atoms with Crippen molar-refractivity contribution in [3.63, 3.8) is 0 Å². The lowest BCUT2D eigenvalue weighted by Crippen LogP contribution is -2.36. The van der Waals surface area contributed by atoms with Crippen LogP contribution in [0.4, 0.5) is 0 Å². The zero-order chi connectivity index (χ0) is 18.4. The Hall–Kier alpha value is -2.47. The molecule has 0 aliphatic heterocycles. The third kappa shape index (κ3) is 2.88. The van der Waals surface area contributed by atoms with Gasteiger partial charge in [-0.05, 0) is 55.2 Å². The number of amides is 1. The van der Waals surface area contributed by atoms with E-state index in [4.69, 9.17) is 0 Å². The molecule has 27 heavy (non-hydrogen) atoms. The number of rotatable bonds is 3. The van der Waals surface area contributed by atoms with Gasteiger partial charge >= 0.3 is 0 Å². The minimum Gasteiger partial charge on any atom is -0.348 e. The summed E-state index contributed by atoms with van der Waals surface area (Å²) in [5.74, 6) is -0.133. The molecule has 2 aliphatic carbocycles. The fourth-order valence-electron chi connectivity index (χ4n) is 4.43. The molecule has 0 spiro atoms. The fourth-order valence-corrected chi connectivity index (χ4v) is 5.65. The van der Waals surface area contributed by atoms with Gasteiger partial charge in [0, 0.05) is 4.88 Å². The van der Waals surface area contributed by atoms with Crippen LogP contribution in [0.2, 0.25) is 0 Å². The van der Waals surface area contributed by atoms with Gasteiger partial charge in [0.15, 0.2) is 0 Å². The summed E-state index contributed by atoms with van der Waals surface area (Å²) < 4.78 is 1.46. The molecular formula is C21H21N3O2S. The van der Waals surface area contributed by atoms with E-state index in [-0.39, 0.29) is 24.1 Å². The smallest absolute Gasteiger partial charge is 0.262 e. The molecule has 0 radical (unpaired) electrons. The van der Waals surface area contributed by atoms with Gasteiger partial charge in [0.05, 0.1) is 17.8 Å². The quantitative estimate of drug-likeness (QED) is 0.760. The minimum absolute atomic E-state index is 0.0189. The van der Waals surface area contributed by atoms with Crippen molar-refractivity contribution in [2.75, 3.05) is 0 Å². The molecule has 2 aliphatic rings. The largest absolute Gasteiger partial charge is 0.348 e. The molecule has 1 N–H and O–H groups in total. The van der Waals surface area contributed by atoms with Crippen LogP contribution in [0.3, 0.4) is 0 Å². The number of fused-ring (bicyclic) bond motifs is 4. The molecule has 1 aromatic carbocycles. The molecule has 138 valence electrons. The highest BCUT2D eigenvalue weighted by Crippen LogP contribution is 2.34. The van der Waals surface area contributed by atoms with Crippen LogP contribution in [0, 0.1) is 0 Å². The lowest BCUT2D eigenvalue weighted by molar-refractivity contribution is -0.122. The number of hydrogen-bond acceptors (Lipinski definition) is 4. The summed E-state index contributed by atoms with van der Waals surface area (Å²) in [6, 6.07) is 8.31. The molecule has 0 bridgehead atoms. The Labute approximate surface area is 161 Å². The number of benzene rings is 1. The number of nitrogens with zero attached hydrogens (tertiary/aromatic N) is 2. The standard InChI is InChI=1S/C21H21N3O2S/c25-18(23-16-9-3-6-13-5-1-2-7-14(13)16)11-24-12-22-20-19(21(24)26)15-8-4-10-17(15)27-20/h1-2,5,7,12,16H,3-4,6,8-11H2,(H,23,25)/t16-/m1/s1. The summed E-state index contributed by atoms with van der Waals surface area (Å²) in [6.45, 7) is 0.0189. The Balaban J connectivity index is 1.39. The van der Waals surface area contributed by atoms with Crippen molar-refractivity contribution < 1.29 is 4.79 Å². The Bertz CT molecular complexity index is 1100. The second kappa shape index (κ2) is 6.60. The van der Waals surface area contributed by atoms with Crippen molar-refractivity contribution in [3.05, 3.63) is 62.5 Å². The molecule has 0 saturated heterocycles. The topological polar surface area (TPSA) is 64.0 Å². The summed E-state index contributed by atoms with van der Waals surface area (Å²) in [7, 11) is 0. The van der Waals surface area contributed by atoms with Crippen LogP contribution in [-0.4, -0.2) is 15.5 Å². The van der Waals surface area contributed by atoms with Crippen LogP contribution in [0.25, 0.3) is 10.2 Å². The molecular weight excluding hydrogens is 358 g/mol. The van der Waals surface area contributed by atoms with E-state index >= 15 is 0 Å². The van der Waals surface area contributed by atoms with Crippen molar-refractivity contribution >= 4 is 27.5 Å². The number of nitrogens with one attached hydrogen (secondary N) is 1. The van der Waals surface area contributed by atoms with Crippen LogP contribution in [0.15, 0.2) is 35.4 Å². The normalized spacial score (nSPS) is 18.3. The third-order valence-electron chi connectivity index (χ3n) is 5.71. The number of thiophene rings is 1. The Morgan fingerprint density at radius 2 is 2.11 bits per heavy atom. The molecule has 2 aromatic heterocycles. The number of hydrogen-bond donors (Lipinski definition) is 1. The first-order chi connectivity index (χ1) is 13.2. The number of aryl methyl sites for hydroxylation is 3. The highest BCUT2D eigenvalue weighted by molar-refractivity contribution is 7.18. The molecule has 6 heteroatoms. The second-order valence-corrected chi connectivity index (χ2v) is 8.51. The van der Waals surface area contributed by atoms with E-state index in [1.54, 1.807) is 11.3 Å². The number of carbonyl (C=O) groups excluding carboxylic acids is 1. The van der Waals surface area contributed by atoms with Gasteiger partial charge in [-0.2, -0.15) is 0 Å². The van der Waals surface area contributed by atoms with Crippen LogP contribution in [0.1, 0.15) is 46.9 Å². The maximum absolute atomic E-state index is 12.9. The van der Waals surface area contributed by atoms with Crippen molar-refractivity contribution in [1.82, 2.24) is 14.9 Å². The summed E-state index contributed by atoms with van der Waals surface area (Å²) in [4.78, 5) is 32.1. The minimum atomic E-state index is -0.133. The molecule has 0 saturated carbocycles. The van der Waals surface area contributed by atoms with Gasteiger partial charge < -0.3 is 5.32 Å². The first kappa shape index (κ1) is 16.7. The van der Waals surface area contributed by atoms with Gasteiger partial charge in [-0.3, -0.25) is 14.2 Å². The second-order valence-electron chi connectivity index (χ2n) is 7.43. The summed E-state index contributed by atoms with van der Waals surface area (Å²) in [6.07, 6.45) is 7.67. The Morgan fingerprint density at radius 3 is 3.04 bits per heavy atom. The summed E-state index contributed by atoms with van der Waals surface area (Å²) >= 11 is 1.62. The average Bonchev–Trinajstić information content (AvgIpc) is 3.25. The van der Waals surface area contributed by atoms with E-state index in [9.17, 15) is 9.59 Å². The van der Waals surface area contributed by atoms with E-state index in [0.717, 1.165) is 54.3 Å². The van der Waals surface area contributed by atoms with E-state index in [0.29, 0.717) is 0 Å². The first-order valence-corrected chi connectivity index (χ1v) is 10.4. The van der Waals surface area contributed by atoms with Gasteiger partial charge in [-0.15, -0.1) is 11.3 Å². The molecule has 5 nitrogen and oxygen atoms in total. The van der Waals surface area contributed by atoms with Crippen LogP contribution in [0.5, 0.6) is 0 Å². The lowest BCUT2D eigenvalue weighted by Gasteiger charge is -2.26. The molecule has 2 heterocycles. The molecule has 1 atom stereocenters. The van der Waals surface area contributed by atoms with Crippen LogP contribution < -0.4 is 10.9 Å². The Kier molecular flexibility index (Phi) is 4.08. The number of aromatic nitrogens is 2. The van der Waals surface area contributed by atoms with Crippen molar-refractivity contribution in [3.8, 4) is 0 Å². The van der Waals surface area contributed by atoms with Crippen molar-refractivity contribution in [2.45, 2.75) is 51.1 Å². The van der Waals surface area contributed by atoms with Gasteiger partial charge in [-0.1, -0.05) is 24.3 Å². The predicted molar refractivity (Wildman–Crippen MR) is 106 cm³/mol. The molecule has 3 aromatic rings. The van der Waals surface area contributed by atoms with Crippen LogP contribution in [-0.2, 0) is 30.6 Å². The maximum atomic E-state index is 12.9. The maximum Gasteiger partial charge on any atom is 0.262 e. The third-order valence-corrected chi connectivity index (χ3v) is 6.91. The van der Waals surface area contributed by atoms with E-state index in [1.807, 2.05) is 12.1 Å². The Morgan fingerprint density at radius 1 is 1.22 bits per heavy atom. The fraction of sp³-hybridized carbons (Fsp3) is 0.381. The molecule has 0 unspecified atom stereocenters. The summed E-state index contributed by atoms with van der Waals surface area (Å²) in [5.41, 5.74) is 3.58. The van der Waals surface area contributed by atoms with Gasteiger partial charge in [-0.25, -0.2) is 4.98 Å². The monoisotopic (exact) mass is 379 g/mol. The van der Waals surface area contributed by atoms with E-state index in [2.05, 4.69) is 22.4 Å². The highest BCUT2D eigenvalue weighted by Gasteiger charge is 2.23. The average molecular weight is 379 g/mol. The van der Waals surface area contributed by atoms with Crippen molar-refractivity contribution in [1.29, 1.82) is 0 Å². The van der Waals surface area contributed by atoms with Gasteiger partial charge in [0.25, 0.3) is 5.56 Å². The van der Waals surface area contributed by atoms with E-state index in [1.165, 1.54) is 26.9 Å². The molecule has 5 rings (SSSR count). The molecule has 0 fully saturated rings. The predicted octanol–water partition coefficient (Wildman–Crippen LogP) is 3.14. The lowest BCUT2D eigenvalue weighted by atomic mass is 9.88. The molecule has 1 amide bonds. The van der Waals surface area contributed by atoms with Gasteiger partial charge in [0.1, 0.15) is 11.4 Å². The van der Waals surface area contributed by atoms with E-state index < -0.39 is 0 Å².